The van der Waals surface area contributed by atoms with E-state index in [2.05, 4.69) is 5.32 Å². The molecular formula is C14H19NO2. The number of carbonyl (C=O) groups is 1. The van der Waals surface area contributed by atoms with Crippen molar-refractivity contribution in [1.82, 2.24) is 5.32 Å². The molecule has 2 rings (SSSR count). The summed E-state index contributed by atoms with van der Waals surface area (Å²) in [5.74, 6) is 1.39. The van der Waals surface area contributed by atoms with E-state index in [9.17, 15) is 4.79 Å². The van der Waals surface area contributed by atoms with Crippen LogP contribution in [-0.4, -0.2) is 19.1 Å². The molecule has 0 atom stereocenters. The Bertz CT molecular complexity index is 346. The van der Waals surface area contributed by atoms with Crippen LogP contribution >= 0.6 is 0 Å². The third kappa shape index (κ3) is 3.77. The van der Waals surface area contributed by atoms with Crippen molar-refractivity contribution in [3.05, 3.63) is 30.3 Å². The van der Waals surface area contributed by atoms with Crippen LogP contribution in [-0.2, 0) is 4.79 Å². The highest BCUT2D eigenvalue weighted by atomic mass is 16.5. The lowest BCUT2D eigenvalue weighted by Gasteiger charge is -2.23. The van der Waals surface area contributed by atoms with Gasteiger partial charge in [0, 0.05) is 12.5 Å². The topological polar surface area (TPSA) is 38.3 Å². The molecule has 0 unspecified atom stereocenters. The average molecular weight is 233 g/mol. The number of carbonyl (C=O) groups excluding carboxylic acids is 1. The van der Waals surface area contributed by atoms with Crippen molar-refractivity contribution in [3.63, 3.8) is 0 Å². The number of amides is 1. The van der Waals surface area contributed by atoms with Crippen LogP contribution in [0.5, 0.6) is 5.75 Å². The Morgan fingerprint density at radius 3 is 2.71 bits per heavy atom. The van der Waals surface area contributed by atoms with Gasteiger partial charge < -0.3 is 10.1 Å². The first-order chi connectivity index (χ1) is 8.36. The third-order valence-electron chi connectivity index (χ3n) is 3.11. The summed E-state index contributed by atoms with van der Waals surface area (Å²) in [6.45, 7) is 1.36. The smallest absolute Gasteiger partial charge is 0.223 e. The van der Waals surface area contributed by atoms with E-state index in [0.29, 0.717) is 13.2 Å². The van der Waals surface area contributed by atoms with E-state index >= 15 is 0 Å². The Morgan fingerprint density at radius 1 is 1.29 bits per heavy atom. The zero-order valence-electron chi connectivity index (χ0n) is 10.0. The normalized spacial score (nSPS) is 15.1. The van der Waals surface area contributed by atoms with Gasteiger partial charge >= 0.3 is 0 Å². The summed E-state index contributed by atoms with van der Waals surface area (Å²) in [5, 5.41) is 2.95. The molecule has 1 fully saturated rings. The minimum Gasteiger partial charge on any atom is -0.494 e. The van der Waals surface area contributed by atoms with E-state index in [1.54, 1.807) is 0 Å². The van der Waals surface area contributed by atoms with E-state index in [0.717, 1.165) is 25.0 Å². The Balaban J connectivity index is 1.53. The number of nitrogens with one attached hydrogen (secondary N) is 1. The Kier molecular flexibility index (Phi) is 4.42. The summed E-state index contributed by atoms with van der Waals surface area (Å²) in [6, 6.07) is 9.74. The average Bonchev–Trinajstić information content (AvgIpc) is 2.27. The summed E-state index contributed by atoms with van der Waals surface area (Å²) >= 11 is 0. The monoisotopic (exact) mass is 233 g/mol. The lowest BCUT2D eigenvalue weighted by molar-refractivity contribution is -0.127. The van der Waals surface area contributed by atoms with Crippen LogP contribution < -0.4 is 10.1 Å². The van der Waals surface area contributed by atoms with Crippen LogP contribution in [0.2, 0.25) is 0 Å². The SMILES string of the molecule is O=C(NCCCOc1ccccc1)C1CCC1. The fourth-order valence-electron chi connectivity index (χ4n) is 1.81. The number of benzene rings is 1. The molecular weight excluding hydrogens is 214 g/mol. The van der Waals surface area contributed by atoms with Crippen LogP contribution in [0.4, 0.5) is 0 Å². The molecule has 0 aromatic heterocycles. The van der Waals surface area contributed by atoms with E-state index in [4.69, 9.17) is 4.74 Å². The molecule has 3 nitrogen and oxygen atoms in total. The summed E-state index contributed by atoms with van der Waals surface area (Å²) in [5.41, 5.74) is 0. The largest absolute Gasteiger partial charge is 0.494 e. The van der Waals surface area contributed by atoms with Gasteiger partial charge in [-0.2, -0.15) is 0 Å². The molecule has 1 aliphatic rings. The number of para-hydroxylation sites is 1. The lowest BCUT2D eigenvalue weighted by atomic mass is 9.85. The Labute approximate surface area is 102 Å². The van der Waals surface area contributed by atoms with Crippen molar-refractivity contribution < 1.29 is 9.53 Å². The first-order valence-corrected chi connectivity index (χ1v) is 6.32. The van der Waals surface area contributed by atoms with Crippen LogP contribution in [0.1, 0.15) is 25.7 Å². The summed E-state index contributed by atoms with van der Waals surface area (Å²) < 4.78 is 5.54. The highest BCUT2D eigenvalue weighted by molar-refractivity contribution is 5.79. The van der Waals surface area contributed by atoms with Gasteiger partial charge in [-0.15, -0.1) is 0 Å². The van der Waals surface area contributed by atoms with E-state index < -0.39 is 0 Å². The molecule has 1 saturated carbocycles. The van der Waals surface area contributed by atoms with Gasteiger partial charge in [0.15, 0.2) is 0 Å². The minimum atomic E-state index is 0.218. The molecule has 1 aromatic carbocycles. The fourth-order valence-corrected chi connectivity index (χ4v) is 1.81. The molecule has 0 saturated heterocycles. The number of hydrogen-bond acceptors (Lipinski definition) is 2. The summed E-state index contributed by atoms with van der Waals surface area (Å²) in [6.07, 6.45) is 4.18. The van der Waals surface area contributed by atoms with Gasteiger partial charge in [-0.25, -0.2) is 0 Å². The highest BCUT2D eigenvalue weighted by Crippen LogP contribution is 2.25. The molecule has 17 heavy (non-hydrogen) atoms. The fraction of sp³-hybridized carbons (Fsp3) is 0.500. The molecule has 92 valence electrons. The van der Waals surface area contributed by atoms with Gasteiger partial charge in [-0.1, -0.05) is 24.6 Å². The summed E-state index contributed by atoms with van der Waals surface area (Å²) in [7, 11) is 0. The summed E-state index contributed by atoms with van der Waals surface area (Å²) in [4.78, 5) is 11.5. The molecule has 3 heteroatoms. The van der Waals surface area contributed by atoms with Crippen LogP contribution in [0.15, 0.2) is 30.3 Å². The van der Waals surface area contributed by atoms with E-state index in [1.165, 1.54) is 6.42 Å². The van der Waals surface area contributed by atoms with Crippen molar-refractivity contribution >= 4 is 5.91 Å². The van der Waals surface area contributed by atoms with E-state index in [-0.39, 0.29) is 11.8 Å². The molecule has 1 amide bonds. The number of hydrogen-bond donors (Lipinski definition) is 1. The van der Waals surface area contributed by atoms with Crippen molar-refractivity contribution in [2.45, 2.75) is 25.7 Å². The second kappa shape index (κ2) is 6.28. The predicted octanol–water partition coefficient (Wildman–Crippen LogP) is 2.37. The first kappa shape index (κ1) is 12.0. The molecule has 1 N–H and O–H groups in total. The molecule has 1 aliphatic carbocycles. The van der Waals surface area contributed by atoms with Gasteiger partial charge in [0.2, 0.25) is 5.91 Å². The molecule has 0 bridgehead atoms. The molecule has 0 spiro atoms. The maximum Gasteiger partial charge on any atom is 0.223 e. The van der Waals surface area contributed by atoms with Gasteiger partial charge in [0.05, 0.1) is 6.61 Å². The van der Waals surface area contributed by atoms with Crippen LogP contribution in [0, 0.1) is 5.92 Å². The molecule has 1 aromatic rings. The first-order valence-electron chi connectivity index (χ1n) is 6.32. The van der Waals surface area contributed by atoms with Gasteiger partial charge in [-0.05, 0) is 31.4 Å². The zero-order chi connectivity index (χ0) is 11.9. The van der Waals surface area contributed by atoms with E-state index in [1.807, 2.05) is 30.3 Å². The quantitative estimate of drug-likeness (QED) is 0.766. The van der Waals surface area contributed by atoms with Crippen molar-refractivity contribution in [1.29, 1.82) is 0 Å². The maximum atomic E-state index is 11.5. The highest BCUT2D eigenvalue weighted by Gasteiger charge is 2.24. The van der Waals surface area contributed by atoms with Crippen molar-refractivity contribution in [2.24, 2.45) is 5.92 Å². The Morgan fingerprint density at radius 2 is 2.06 bits per heavy atom. The molecule has 0 heterocycles. The van der Waals surface area contributed by atoms with Gasteiger partial charge in [0.25, 0.3) is 0 Å². The second-order valence-electron chi connectivity index (χ2n) is 4.43. The number of ether oxygens (including phenoxy) is 1. The standard InChI is InChI=1S/C14H19NO2/c16-14(12-6-4-7-12)15-10-5-11-17-13-8-2-1-3-9-13/h1-3,8-9,12H,4-7,10-11H2,(H,15,16). The Hall–Kier alpha value is -1.51. The number of rotatable bonds is 6. The molecule has 0 aliphatic heterocycles. The third-order valence-corrected chi connectivity index (χ3v) is 3.11. The van der Waals surface area contributed by atoms with Gasteiger partial charge in [-0.3, -0.25) is 4.79 Å². The van der Waals surface area contributed by atoms with Crippen molar-refractivity contribution in [3.8, 4) is 5.75 Å². The maximum absolute atomic E-state index is 11.5. The molecule has 0 radical (unpaired) electrons. The van der Waals surface area contributed by atoms with Crippen molar-refractivity contribution in [2.75, 3.05) is 13.2 Å². The van der Waals surface area contributed by atoms with Crippen LogP contribution in [0.25, 0.3) is 0 Å². The van der Waals surface area contributed by atoms with Crippen LogP contribution in [0.3, 0.4) is 0 Å². The minimum absolute atomic E-state index is 0.218. The van der Waals surface area contributed by atoms with Gasteiger partial charge in [0.1, 0.15) is 5.75 Å². The lowest BCUT2D eigenvalue weighted by Crippen LogP contribution is -2.35. The predicted molar refractivity (Wildman–Crippen MR) is 66.9 cm³/mol. The second-order valence-corrected chi connectivity index (χ2v) is 4.43. The zero-order valence-corrected chi connectivity index (χ0v) is 10.0.